The van der Waals surface area contributed by atoms with Gasteiger partial charge in [-0.25, -0.2) is 0 Å². The Morgan fingerprint density at radius 1 is 1.60 bits per heavy atom. The third-order valence-corrected chi connectivity index (χ3v) is 0. The first-order chi connectivity index (χ1) is 1.41. The summed E-state index contributed by atoms with van der Waals surface area (Å²) in [4.78, 5) is 8.25. The zero-order valence-corrected chi connectivity index (χ0v) is 5.65. The minimum absolute atomic E-state index is 0. The maximum absolute atomic E-state index is 8.25. The van der Waals surface area contributed by atoms with E-state index < -0.39 is 6.47 Å². The minimum atomic E-state index is -0.500. The van der Waals surface area contributed by atoms with E-state index in [1.807, 2.05) is 0 Å². The second kappa shape index (κ2) is 34.1. The van der Waals surface area contributed by atoms with Crippen molar-refractivity contribution < 1.29 is 29.4 Å². The van der Waals surface area contributed by atoms with E-state index in [2.05, 4.69) is 0 Å². The summed E-state index contributed by atoms with van der Waals surface area (Å²) in [6, 6.07) is 0. The Labute approximate surface area is 42.7 Å². The average Bonchev–Trinajstić information content (AvgIpc) is 0.918. The van der Waals surface area contributed by atoms with Crippen LogP contribution in [0.2, 0.25) is 0 Å². The van der Waals surface area contributed by atoms with Gasteiger partial charge in [0.1, 0.15) is 0 Å². The number of carbonyl (C=O) groups excluding carboxylic acids is 1. The summed E-state index contributed by atoms with van der Waals surface area (Å²) >= 11 is 0. The Morgan fingerprint density at radius 2 is 1.60 bits per heavy atom. The molecule has 0 saturated carbocycles. The van der Waals surface area contributed by atoms with Crippen molar-refractivity contribution in [3.05, 3.63) is 6.15 Å². The molecule has 0 aliphatic rings. The number of hydrogen-bond acceptors (Lipinski definition) is 2. The van der Waals surface area contributed by atoms with Crippen molar-refractivity contribution in [1.29, 1.82) is 0 Å². The third-order valence-electron chi connectivity index (χ3n) is 0. The number of rotatable bonds is 0. The largest absolute Gasteiger partial charge is 2.00 e. The molecule has 0 aromatic carbocycles. The van der Waals surface area contributed by atoms with Gasteiger partial charge in [0.15, 0.2) is 0 Å². The Morgan fingerprint density at radius 3 is 1.60 bits per heavy atom. The number of carbonyl (C=O) groups is 1. The van der Waals surface area contributed by atoms with Crippen LogP contribution in [0.4, 0.5) is 0 Å². The topological polar surface area (TPSA) is 73.6 Å². The van der Waals surface area contributed by atoms with Gasteiger partial charge in [-0.3, -0.25) is 0 Å². The summed E-state index contributed by atoms with van der Waals surface area (Å²) in [5.41, 5.74) is 0. The molecule has 0 rings (SSSR count). The molecule has 4 heteroatoms. The zero-order valence-electron chi connectivity index (χ0n) is 2.68. The second-order valence-corrected chi connectivity index (χ2v) is 0.0962. The van der Waals surface area contributed by atoms with Crippen molar-refractivity contribution in [2.75, 3.05) is 0 Å². The first kappa shape index (κ1) is 19.7. The molecule has 0 spiro atoms. The summed E-state index contributed by atoms with van der Waals surface area (Å²) in [5, 5.41) is 8.25. The van der Waals surface area contributed by atoms with E-state index >= 15 is 0 Å². The first-order valence-corrected chi connectivity index (χ1v) is 0.471. The molecule has 0 atom stereocenters. The summed E-state index contributed by atoms with van der Waals surface area (Å²) in [6.45, 7) is -0.500. The predicted molar refractivity (Wildman–Crippen MR) is 11.3 cm³/mol. The molecule has 0 heterocycles. The third kappa shape index (κ3) is 6000. The monoisotopic (exact) mass is 125 g/mol. The number of carboxylic acid groups (broad SMARTS) is 1. The molecular weight excluding hydrogens is 123 g/mol. The molecule has 0 aliphatic heterocycles. The van der Waals surface area contributed by atoms with Gasteiger partial charge in [0.2, 0.25) is 0 Å². The van der Waals surface area contributed by atoms with Gasteiger partial charge in [-0.15, -0.1) is 0 Å². The van der Waals surface area contributed by atoms with Crippen molar-refractivity contribution in [3.63, 3.8) is 0 Å². The van der Waals surface area contributed by atoms with Gasteiger partial charge >= 0.3 is 19.5 Å². The first-order valence-electron chi connectivity index (χ1n) is 0.471. The van der Waals surface area contributed by atoms with Crippen LogP contribution in [0.3, 0.4) is 0 Å². The van der Waals surface area contributed by atoms with Crippen LogP contribution < -0.4 is 5.11 Å². The molecule has 0 amide bonds. The van der Waals surface area contributed by atoms with Gasteiger partial charge in [0.25, 0.3) is 0 Å². The fourth-order valence-corrected chi connectivity index (χ4v) is 0. The standard InChI is InChI=1S/CH2O2.H2N.Zn/c2-1-3;;/h1H,(H,2,3);1H2;/q;-1;+2/p-1. The van der Waals surface area contributed by atoms with E-state index in [1.165, 1.54) is 0 Å². The van der Waals surface area contributed by atoms with Crippen LogP contribution in [-0.2, 0) is 24.3 Å². The van der Waals surface area contributed by atoms with Crippen molar-refractivity contribution in [2.45, 2.75) is 0 Å². The van der Waals surface area contributed by atoms with Gasteiger partial charge in [-0.05, 0) is 0 Å². The Kier molecular flexibility index (Phi) is 134. The molecule has 26 valence electrons. The summed E-state index contributed by atoms with van der Waals surface area (Å²) in [5.74, 6) is 0. The van der Waals surface area contributed by atoms with Crippen molar-refractivity contribution in [2.24, 2.45) is 0 Å². The number of hydrogen-bond donors (Lipinski definition) is 0. The molecule has 0 aliphatic carbocycles. The van der Waals surface area contributed by atoms with E-state index in [0.717, 1.165) is 0 Å². The predicted octanol–water partition coefficient (Wildman–Crippen LogP) is -0.919. The minimum Gasteiger partial charge on any atom is -0.693 e. The maximum Gasteiger partial charge on any atom is 2.00 e. The molecule has 0 bridgehead atoms. The van der Waals surface area contributed by atoms with Gasteiger partial charge < -0.3 is 16.1 Å². The molecule has 0 unspecified atom stereocenters. The van der Waals surface area contributed by atoms with E-state index in [1.54, 1.807) is 0 Å². The van der Waals surface area contributed by atoms with E-state index in [0.29, 0.717) is 0 Å². The van der Waals surface area contributed by atoms with Crippen LogP contribution in [0.25, 0.3) is 6.15 Å². The molecule has 0 aromatic heterocycles. The van der Waals surface area contributed by atoms with Crippen LogP contribution in [0.15, 0.2) is 0 Å². The van der Waals surface area contributed by atoms with Crippen LogP contribution in [-0.4, -0.2) is 6.47 Å². The van der Waals surface area contributed by atoms with Gasteiger partial charge in [0.05, 0.1) is 0 Å². The summed E-state index contributed by atoms with van der Waals surface area (Å²) in [6.07, 6.45) is 0. The van der Waals surface area contributed by atoms with E-state index in [4.69, 9.17) is 9.90 Å². The van der Waals surface area contributed by atoms with Crippen LogP contribution in [0.5, 0.6) is 0 Å². The molecule has 5 heavy (non-hydrogen) atoms. The normalized spacial score (nSPS) is 2.40. The van der Waals surface area contributed by atoms with Crippen LogP contribution >= 0.6 is 0 Å². The summed E-state index contributed by atoms with van der Waals surface area (Å²) < 4.78 is 0. The molecular formula is CH3NO2Zn. The second-order valence-electron chi connectivity index (χ2n) is 0.0962. The van der Waals surface area contributed by atoms with Crippen molar-refractivity contribution >= 4 is 6.47 Å². The Hall–Kier alpha value is 0.0534. The molecule has 0 fully saturated rings. The fraction of sp³-hybridized carbons (Fsp3) is 0. The van der Waals surface area contributed by atoms with Crippen LogP contribution in [0.1, 0.15) is 0 Å². The smallest absolute Gasteiger partial charge is 0.693 e. The molecule has 0 saturated heterocycles. The summed E-state index contributed by atoms with van der Waals surface area (Å²) in [7, 11) is 0. The van der Waals surface area contributed by atoms with Gasteiger partial charge in [-0.1, -0.05) is 0 Å². The van der Waals surface area contributed by atoms with Crippen molar-refractivity contribution in [1.82, 2.24) is 0 Å². The molecule has 2 N–H and O–H groups in total. The number of nitrogens with two attached hydrogens (primary N) is 1. The van der Waals surface area contributed by atoms with E-state index in [9.17, 15) is 0 Å². The Bertz CT molecular complexity index is 17.1. The average molecular weight is 126 g/mol. The maximum atomic E-state index is 8.25. The molecule has 0 aromatic rings. The van der Waals surface area contributed by atoms with Gasteiger partial charge in [-0.2, -0.15) is 0 Å². The Balaban J connectivity index is -0.0000000200. The quantitative estimate of drug-likeness (QED) is 0.311. The van der Waals surface area contributed by atoms with Crippen LogP contribution in [0, 0.1) is 0 Å². The SMILES string of the molecule is O=C[O-].[NH2-].[Zn+2]. The molecule has 3 nitrogen and oxygen atoms in total. The fourth-order valence-electron chi connectivity index (χ4n) is 0. The zero-order chi connectivity index (χ0) is 2.71. The van der Waals surface area contributed by atoms with E-state index in [-0.39, 0.29) is 25.6 Å². The van der Waals surface area contributed by atoms with Gasteiger partial charge in [0, 0.05) is 6.47 Å². The van der Waals surface area contributed by atoms with Crippen molar-refractivity contribution in [3.8, 4) is 0 Å². The molecule has 0 radical (unpaired) electrons.